The highest BCUT2D eigenvalue weighted by Gasteiger charge is 2.34. The van der Waals surface area contributed by atoms with Crippen LogP contribution in [0.4, 0.5) is 5.69 Å². The minimum atomic E-state index is -1.83. The highest BCUT2D eigenvalue weighted by Crippen LogP contribution is 2.21. The largest absolute Gasteiger partial charge is 0.497 e. The molecule has 0 radical (unpaired) electrons. The summed E-state index contributed by atoms with van der Waals surface area (Å²) < 4.78 is 5.16. The number of hydrogen-bond donors (Lipinski definition) is 3. The molecule has 0 bridgehead atoms. The molecule has 0 aromatic heterocycles. The number of carbonyl (C=O) groups excluding carboxylic acids is 2. The Morgan fingerprint density at radius 3 is 2.38 bits per heavy atom. The van der Waals surface area contributed by atoms with Crippen molar-refractivity contribution in [3.8, 4) is 5.75 Å². The lowest BCUT2D eigenvalue weighted by molar-refractivity contribution is -0.153. The smallest absolute Gasteiger partial charge is 0.254 e. The van der Waals surface area contributed by atoms with Crippen LogP contribution in [-0.2, 0) is 16.0 Å². The number of nitrogens with zero attached hydrogens (tertiary/aromatic N) is 2. The third kappa shape index (κ3) is 6.12. The fourth-order valence-electron chi connectivity index (χ4n) is 3.57. The van der Waals surface area contributed by atoms with Gasteiger partial charge in [-0.15, -0.1) is 0 Å². The molecule has 2 aromatic carbocycles. The zero-order valence-corrected chi connectivity index (χ0v) is 18.7. The molecule has 1 unspecified atom stereocenters. The molecule has 1 fully saturated rings. The van der Waals surface area contributed by atoms with Gasteiger partial charge in [0.25, 0.3) is 11.8 Å². The van der Waals surface area contributed by atoms with Crippen LogP contribution in [-0.4, -0.2) is 79.0 Å². The second-order valence-electron chi connectivity index (χ2n) is 7.57. The number of halogens is 1. The highest BCUT2D eigenvalue weighted by molar-refractivity contribution is 6.30. The normalized spacial score (nSPS) is 15.8. The number of carbonyl (C=O) groups is 2. The van der Waals surface area contributed by atoms with Crippen molar-refractivity contribution in [2.24, 2.45) is 0 Å². The van der Waals surface area contributed by atoms with Crippen molar-refractivity contribution in [2.75, 3.05) is 44.7 Å². The van der Waals surface area contributed by atoms with Gasteiger partial charge in [-0.1, -0.05) is 23.7 Å². The molecular weight excluding hydrogens is 434 g/mol. The Morgan fingerprint density at radius 1 is 1.06 bits per heavy atom. The first-order chi connectivity index (χ1) is 15.4. The van der Waals surface area contributed by atoms with E-state index in [4.69, 9.17) is 16.3 Å². The van der Waals surface area contributed by atoms with E-state index in [2.05, 4.69) is 10.2 Å². The molecule has 3 rings (SSSR count). The fraction of sp³-hybridized carbons (Fsp3) is 0.391. The van der Waals surface area contributed by atoms with Crippen molar-refractivity contribution in [3.63, 3.8) is 0 Å². The van der Waals surface area contributed by atoms with Crippen molar-refractivity contribution in [2.45, 2.75) is 18.6 Å². The summed E-state index contributed by atoms with van der Waals surface area (Å²) in [5.41, 5.74) is 1.94. The van der Waals surface area contributed by atoms with Crippen molar-refractivity contribution in [3.05, 3.63) is 59.1 Å². The number of ether oxygens (including phenoxy) is 1. The van der Waals surface area contributed by atoms with Crippen LogP contribution < -0.4 is 15.0 Å². The van der Waals surface area contributed by atoms with E-state index in [1.54, 1.807) is 19.2 Å². The Labute approximate surface area is 192 Å². The number of aliphatic hydroxyl groups excluding tert-OH is 2. The van der Waals surface area contributed by atoms with Gasteiger partial charge in [-0.2, -0.15) is 0 Å². The maximum atomic E-state index is 12.6. The predicted octanol–water partition coefficient (Wildman–Crippen LogP) is 1.08. The summed E-state index contributed by atoms with van der Waals surface area (Å²) in [5, 5.41) is 23.6. The molecule has 1 heterocycles. The third-order valence-corrected chi connectivity index (χ3v) is 5.69. The summed E-state index contributed by atoms with van der Waals surface area (Å²) in [4.78, 5) is 28.4. The fourth-order valence-corrected chi connectivity index (χ4v) is 3.78. The number of hydrogen-bond acceptors (Lipinski definition) is 6. The molecule has 3 N–H and O–H groups in total. The molecule has 32 heavy (non-hydrogen) atoms. The first kappa shape index (κ1) is 23.8. The van der Waals surface area contributed by atoms with Crippen LogP contribution in [0.25, 0.3) is 0 Å². The topological polar surface area (TPSA) is 102 Å². The predicted molar refractivity (Wildman–Crippen MR) is 122 cm³/mol. The Kier molecular flexibility index (Phi) is 8.33. The molecule has 2 amide bonds. The van der Waals surface area contributed by atoms with Gasteiger partial charge >= 0.3 is 0 Å². The van der Waals surface area contributed by atoms with E-state index in [-0.39, 0.29) is 6.54 Å². The van der Waals surface area contributed by atoms with Crippen LogP contribution in [0.2, 0.25) is 5.02 Å². The van der Waals surface area contributed by atoms with E-state index >= 15 is 0 Å². The van der Waals surface area contributed by atoms with Crippen LogP contribution in [0.1, 0.15) is 5.56 Å². The molecule has 8 nitrogen and oxygen atoms in total. The molecule has 0 saturated carbocycles. The molecule has 172 valence electrons. The quantitative estimate of drug-likeness (QED) is 0.543. The Morgan fingerprint density at radius 2 is 1.75 bits per heavy atom. The van der Waals surface area contributed by atoms with Gasteiger partial charge < -0.3 is 30.1 Å². The van der Waals surface area contributed by atoms with E-state index in [0.29, 0.717) is 37.6 Å². The van der Waals surface area contributed by atoms with Crippen LogP contribution in [0.3, 0.4) is 0 Å². The highest BCUT2D eigenvalue weighted by atomic mass is 35.5. The van der Waals surface area contributed by atoms with Crippen LogP contribution >= 0.6 is 11.6 Å². The molecule has 2 aromatic rings. The minimum absolute atomic E-state index is 0.248. The van der Waals surface area contributed by atoms with Gasteiger partial charge in [0.15, 0.2) is 12.2 Å². The van der Waals surface area contributed by atoms with Gasteiger partial charge in [0.05, 0.1) is 7.11 Å². The number of rotatable bonds is 8. The van der Waals surface area contributed by atoms with Gasteiger partial charge in [0, 0.05) is 43.4 Å². The number of aliphatic hydroxyl groups is 2. The summed E-state index contributed by atoms with van der Waals surface area (Å²) in [7, 11) is 1.61. The van der Waals surface area contributed by atoms with Gasteiger partial charge in [-0.05, 0) is 48.4 Å². The molecule has 9 heteroatoms. The van der Waals surface area contributed by atoms with Crippen LogP contribution in [0, 0.1) is 0 Å². The second-order valence-corrected chi connectivity index (χ2v) is 8.01. The standard InChI is InChI=1S/C23H28ClN3O5/c1-32-19-7-5-18(6-8-19)26-11-13-27(14-12-26)23(31)21(29)20(28)22(30)25-10-9-16-3-2-4-17(24)15-16/h2-8,15,20-21,28-29H,9-14H2,1H3,(H,25,30)/t20-,21?/m1/s1. The number of anilines is 1. The summed E-state index contributed by atoms with van der Waals surface area (Å²) in [6.07, 6.45) is -3.13. The Hall–Kier alpha value is -2.81. The average Bonchev–Trinajstić information content (AvgIpc) is 2.82. The van der Waals surface area contributed by atoms with Crippen molar-refractivity contribution >= 4 is 29.1 Å². The maximum absolute atomic E-state index is 12.6. The van der Waals surface area contributed by atoms with E-state index in [9.17, 15) is 19.8 Å². The SMILES string of the molecule is COc1ccc(N2CCN(C(=O)C(O)[C@@H](O)C(=O)NCCc3cccc(Cl)c3)CC2)cc1. The van der Waals surface area contributed by atoms with Gasteiger partial charge in [0.1, 0.15) is 5.75 Å². The second kappa shape index (κ2) is 11.2. The zero-order chi connectivity index (χ0) is 23.1. The van der Waals surface area contributed by atoms with Gasteiger partial charge in [-0.3, -0.25) is 9.59 Å². The molecular formula is C23H28ClN3O5. The van der Waals surface area contributed by atoms with Crippen LogP contribution in [0.5, 0.6) is 5.75 Å². The number of nitrogens with one attached hydrogen (secondary N) is 1. The zero-order valence-electron chi connectivity index (χ0n) is 17.9. The molecule has 1 aliphatic heterocycles. The monoisotopic (exact) mass is 461 g/mol. The van der Waals surface area contributed by atoms with Gasteiger partial charge in [0.2, 0.25) is 0 Å². The van der Waals surface area contributed by atoms with E-state index in [1.807, 2.05) is 36.4 Å². The van der Waals surface area contributed by atoms with E-state index in [0.717, 1.165) is 17.0 Å². The Bertz CT molecular complexity index is 916. The maximum Gasteiger partial charge on any atom is 0.254 e. The van der Waals surface area contributed by atoms with E-state index < -0.39 is 24.0 Å². The van der Waals surface area contributed by atoms with Crippen LogP contribution in [0.15, 0.2) is 48.5 Å². The molecule has 1 aliphatic rings. The first-order valence-electron chi connectivity index (χ1n) is 10.4. The van der Waals surface area contributed by atoms with Crippen molar-refractivity contribution in [1.29, 1.82) is 0 Å². The lowest BCUT2D eigenvalue weighted by Gasteiger charge is -2.37. The summed E-state index contributed by atoms with van der Waals surface area (Å²) in [6, 6.07) is 14.9. The van der Waals surface area contributed by atoms with E-state index in [1.165, 1.54) is 4.90 Å². The lowest BCUT2D eigenvalue weighted by Crippen LogP contribution is -2.55. The number of amides is 2. The number of benzene rings is 2. The van der Waals surface area contributed by atoms with Crippen molar-refractivity contribution in [1.82, 2.24) is 10.2 Å². The third-order valence-electron chi connectivity index (χ3n) is 5.45. The first-order valence-corrected chi connectivity index (χ1v) is 10.8. The number of methoxy groups -OCH3 is 1. The minimum Gasteiger partial charge on any atom is -0.497 e. The van der Waals surface area contributed by atoms with Crippen molar-refractivity contribution < 1.29 is 24.5 Å². The molecule has 0 aliphatic carbocycles. The number of piperazine rings is 1. The Balaban J connectivity index is 1.45. The lowest BCUT2D eigenvalue weighted by atomic mass is 10.1. The molecule has 0 spiro atoms. The molecule has 2 atom stereocenters. The molecule has 1 saturated heterocycles. The average molecular weight is 462 g/mol. The summed E-state index contributed by atoms with van der Waals surface area (Å²) in [6.45, 7) is 2.16. The summed E-state index contributed by atoms with van der Waals surface area (Å²) >= 11 is 5.93. The van der Waals surface area contributed by atoms with Gasteiger partial charge in [-0.25, -0.2) is 0 Å². The summed E-state index contributed by atoms with van der Waals surface area (Å²) in [5.74, 6) is -0.674.